The average molecular weight is 1060 g/mol. The fraction of sp³-hybridized carbons (Fsp3) is 0.524. The van der Waals surface area contributed by atoms with Crippen LogP contribution in [0.2, 0.25) is 0 Å². The smallest absolute Gasteiger partial charge is 0.154 e. The second-order valence-corrected chi connectivity index (χ2v) is 21.6. The molecule has 0 N–H and O–H groups in total. The van der Waals surface area contributed by atoms with Crippen molar-refractivity contribution in [3.63, 3.8) is 0 Å². The van der Waals surface area contributed by atoms with Gasteiger partial charge in [0.1, 0.15) is 35.0 Å². The molecule has 6 bridgehead atoms. The first kappa shape index (κ1) is 54.9. The highest BCUT2D eigenvalue weighted by molar-refractivity contribution is 6.19. The zero-order chi connectivity index (χ0) is 55.3. The summed E-state index contributed by atoms with van der Waals surface area (Å²) in [6.45, 7) is 6.96. The molecule has 3 aromatic carbocycles. The molecule has 15 nitrogen and oxygen atoms in total. The molecule has 6 aliphatic heterocycles. The Morgan fingerprint density at radius 1 is 0.397 bits per heavy atom. The molecule has 12 rings (SSSR count). The number of ether oxygens (including phenoxy) is 9. The molecule has 0 amide bonds. The summed E-state index contributed by atoms with van der Waals surface area (Å²) in [5, 5.41) is 0. The highest BCUT2D eigenvalue weighted by atomic mass is 16.5. The van der Waals surface area contributed by atoms with Crippen LogP contribution >= 0.6 is 0 Å². The average Bonchev–Trinajstić information content (AvgIpc) is 4.46. The Bertz CT molecular complexity index is 2780. The van der Waals surface area contributed by atoms with Crippen LogP contribution in [0.3, 0.4) is 0 Å². The summed E-state index contributed by atoms with van der Waals surface area (Å²) in [5.41, 5.74) is 4.32. The molecule has 0 spiro atoms. The standard InChI is InChI=1S/3C21H22O5/c3*1-4-5-11-6-7-13(14(8-11)25-3)16-19(22)17-15-9-12(10-24-2)21(26-15)18(17)20(16)23/h3*6-8,12,15-18,21H,9-10H2,1-3H3/t3*12-,15+,16?,17+,18-,21-/m111/s1. The van der Waals surface area contributed by atoms with Gasteiger partial charge < -0.3 is 42.6 Å². The van der Waals surface area contributed by atoms with E-state index in [4.69, 9.17) is 42.6 Å². The minimum Gasteiger partial charge on any atom is -0.496 e. The summed E-state index contributed by atoms with van der Waals surface area (Å²) in [5.74, 6) is 15.1. The van der Waals surface area contributed by atoms with Gasteiger partial charge >= 0.3 is 0 Å². The highest BCUT2D eigenvalue weighted by Gasteiger charge is 2.68. The van der Waals surface area contributed by atoms with E-state index in [0.29, 0.717) is 53.8 Å². The third-order valence-corrected chi connectivity index (χ3v) is 17.7. The van der Waals surface area contributed by atoms with Crippen molar-refractivity contribution in [2.75, 3.05) is 62.5 Å². The number of hydrogen-bond acceptors (Lipinski definition) is 15. The topological polar surface area (TPSA) is 185 Å². The van der Waals surface area contributed by atoms with Gasteiger partial charge in [-0.3, -0.25) is 28.8 Å². The van der Waals surface area contributed by atoms with Crippen molar-refractivity contribution in [2.24, 2.45) is 53.3 Å². The first-order valence-corrected chi connectivity index (χ1v) is 26.8. The van der Waals surface area contributed by atoms with Crippen LogP contribution in [0.1, 0.15) is 91.2 Å². The number of methoxy groups -OCH3 is 6. The third kappa shape index (κ3) is 9.18. The first-order chi connectivity index (χ1) is 37.8. The normalized spacial score (nSPS) is 34.6. The molecule has 408 valence electrons. The van der Waals surface area contributed by atoms with Gasteiger partial charge in [0, 0.05) is 72.5 Å². The van der Waals surface area contributed by atoms with Crippen molar-refractivity contribution in [1.29, 1.82) is 0 Å². The molecule has 3 saturated carbocycles. The Labute approximate surface area is 455 Å². The maximum atomic E-state index is 13.2. The van der Waals surface area contributed by atoms with E-state index < -0.39 is 17.8 Å². The number of fused-ring (bicyclic) bond motifs is 15. The van der Waals surface area contributed by atoms with Gasteiger partial charge in [-0.25, -0.2) is 0 Å². The maximum Gasteiger partial charge on any atom is 0.154 e. The summed E-state index contributed by atoms with van der Waals surface area (Å²) in [6.07, 6.45) is 1.25. The molecular weight excluding hydrogens is 997 g/mol. The minimum atomic E-state index is -0.765. The molecule has 3 aliphatic carbocycles. The van der Waals surface area contributed by atoms with Crippen molar-refractivity contribution in [3.8, 4) is 52.8 Å². The Balaban J connectivity index is 0.000000132. The van der Waals surface area contributed by atoms with E-state index >= 15 is 0 Å². The van der Waals surface area contributed by atoms with Gasteiger partial charge in [0.25, 0.3) is 0 Å². The lowest BCUT2D eigenvalue weighted by Crippen LogP contribution is -2.36. The fourth-order valence-electron chi connectivity index (χ4n) is 14.8. The van der Waals surface area contributed by atoms with Crippen molar-refractivity contribution >= 4 is 34.7 Å². The molecule has 6 saturated heterocycles. The van der Waals surface area contributed by atoms with E-state index in [1.54, 1.807) is 99.8 Å². The Morgan fingerprint density at radius 2 is 0.654 bits per heavy atom. The van der Waals surface area contributed by atoms with Crippen molar-refractivity contribution in [2.45, 2.75) is 94.4 Å². The van der Waals surface area contributed by atoms with Crippen LogP contribution in [0.4, 0.5) is 0 Å². The SMILES string of the molecule is CC#Cc1ccc(C2C(=O)[C@@H]3[C@@H]4O[C@@H](C[C@@H]4COC)[C@@H]3C2=O)c(OC)c1.CC#Cc1ccc(C2C(=O)[C@@H]3[C@@H]4O[C@@H](C[C@@H]4COC)[C@@H]3C2=O)c(OC)c1.CC#Cc1ccc(C2C(=O)[C@@H]3[C@@H]4O[C@@H](C[C@@H]4COC)[C@@H]3C2=O)c(OC)c1. The van der Waals surface area contributed by atoms with Crippen molar-refractivity contribution in [3.05, 3.63) is 88.0 Å². The quantitative estimate of drug-likeness (QED) is 0.154. The lowest BCUT2D eigenvalue weighted by Gasteiger charge is -2.25. The number of carbonyl (C=O) groups excluding carboxylic acids is 6. The van der Waals surface area contributed by atoms with Crippen LogP contribution in [0, 0.1) is 88.8 Å². The van der Waals surface area contributed by atoms with Gasteiger partial charge in [-0.15, -0.1) is 17.8 Å². The van der Waals surface area contributed by atoms with Crippen LogP contribution < -0.4 is 14.2 Å². The number of ketones is 6. The Kier molecular flexibility index (Phi) is 16.0. The number of benzene rings is 3. The molecule has 78 heavy (non-hydrogen) atoms. The molecular formula is C63H66O15. The molecule has 15 heteroatoms. The van der Waals surface area contributed by atoms with Crippen LogP contribution in [-0.4, -0.2) is 134 Å². The molecule has 0 radical (unpaired) electrons. The summed E-state index contributed by atoms with van der Waals surface area (Å²) < 4.78 is 50.1. The lowest BCUT2D eigenvalue weighted by atomic mass is 9.75. The van der Waals surface area contributed by atoms with Crippen LogP contribution in [0.15, 0.2) is 54.6 Å². The van der Waals surface area contributed by atoms with E-state index in [9.17, 15) is 28.8 Å². The lowest BCUT2D eigenvalue weighted by molar-refractivity contribution is -0.129. The predicted molar refractivity (Wildman–Crippen MR) is 282 cm³/mol. The zero-order valence-electron chi connectivity index (χ0n) is 45.5. The summed E-state index contributed by atoms with van der Waals surface area (Å²) in [6, 6.07) is 16.3. The number of hydrogen-bond donors (Lipinski definition) is 0. The van der Waals surface area contributed by atoms with E-state index in [1.807, 2.05) is 18.2 Å². The molecule has 0 aromatic heterocycles. The summed E-state index contributed by atoms with van der Waals surface area (Å²) in [7, 11) is 9.61. The molecule has 3 unspecified atom stereocenters. The Morgan fingerprint density at radius 3 is 0.885 bits per heavy atom. The van der Waals surface area contributed by atoms with Gasteiger partial charge in [0.15, 0.2) is 34.7 Å². The van der Waals surface area contributed by atoms with Crippen molar-refractivity contribution in [1.82, 2.24) is 0 Å². The van der Waals surface area contributed by atoms with Gasteiger partial charge in [-0.1, -0.05) is 36.0 Å². The van der Waals surface area contributed by atoms with Crippen LogP contribution in [0.25, 0.3) is 0 Å². The van der Waals surface area contributed by atoms with Gasteiger partial charge in [0.2, 0.25) is 0 Å². The van der Waals surface area contributed by atoms with Crippen molar-refractivity contribution < 1.29 is 71.4 Å². The maximum absolute atomic E-state index is 13.2. The highest BCUT2D eigenvalue weighted by Crippen LogP contribution is 2.58. The largest absolute Gasteiger partial charge is 0.496 e. The van der Waals surface area contributed by atoms with E-state index in [0.717, 1.165) is 36.0 Å². The molecule has 6 heterocycles. The molecule has 9 aliphatic rings. The van der Waals surface area contributed by atoms with E-state index in [1.165, 1.54) is 0 Å². The van der Waals surface area contributed by atoms with Gasteiger partial charge in [-0.05, 0) is 76.4 Å². The second-order valence-electron chi connectivity index (χ2n) is 21.6. The fourth-order valence-corrected chi connectivity index (χ4v) is 14.8. The van der Waals surface area contributed by atoms with E-state index in [-0.39, 0.29) is 125 Å². The monoisotopic (exact) mass is 1060 g/mol. The molecule has 3 aromatic rings. The molecule has 9 fully saturated rings. The number of rotatable bonds is 12. The molecule has 18 atom stereocenters. The zero-order valence-corrected chi connectivity index (χ0v) is 45.5. The van der Waals surface area contributed by atoms with Gasteiger partial charge in [0.05, 0.1) is 113 Å². The summed E-state index contributed by atoms with van der Waals surface area (Å²) >= 11 is 0. The van der Waals surface area contributed by atoms with Crippen LogP contribution in [0.5, 0.6) is 17.2 Å². The van der Waals surface area contributed by atoms with E-state index in [2.05, 4.69) is 35.5 Å². The predicted octanol–water partition coefficient (Wildman–Crippen LogP) is 5.90. The summed E-state index contributed by atoms with van der Waals surface area (Å²) in [4.78, 5) is 78.9. The van der Waals surface area contributed by atoms with Crippen LogP contribution in [-0.2, 0) is 57.2 Å². The van der Waals surface area contributed by atoms with Gasteiger partial charge in [-0.2, -0.15) is 0 Å². The third-order valence-electron chi connectivity index (χ3n) is 17.7. The Hall–Kier alpha value is -6.48. The second kappa shape index (κ2) is 22.7. The minimum absolute atomic E-state index is 0.0315. The first-order valence-electron chi connectivity index (χ1n) is 26.8. The number of Topliss-reactive ketones (excluding diaryl/α,β-unsaturated/α-hetero) is 6. The number of carbonyl (C=O) groups is 6.